The molecule has 0 saturated carbocycles. The average Bonchev–Trinajstić information content (AvgIpc) is 2.23. The second kappa shape index (κ2) is 6.40. The van der Waals surface area contributed by atoms with E-state index in [2.05, 4.69) is 10.6 Å². The number of carbonyl (C=O) groups is 3. The summed E-state index contributed by atoms with van der Waals surface area (Å²) in [6.45, 7) is 6.84. The summed E-state index contributed by atoms with van der Waals surface area (Å²) >= 11 is 0. The van der Waals surface area contributed by atoms with Gasteiger partial charge in [0.1, 0.15) is 0 Å². The molecule has 0 radical (unpaired) electrons. The van der Waals surface area contributed by atoms with Crippen molar-refractivity contribution in [1.29, 1.82) is 0 Å². The maximum absolute atomic E-state index is 11.7. The van der Waals surface area contributed by atoms with E-state index >= 15 is 0 Å². The standard InChI is InChI=1S/C12H23N3O4/c1-11(2,9(13)18)7-14-10(19)15-12(3,4)6-5-8(16)17/h5-7H2,1-4H3,(H2,13,18)(H,16,17)(H2,14,15,19). The molecule has 3 amide bonds. The third-order valence-corrected chi connectivity index (χ3v) is 2.77. The number of rotatable bonds is 7. The molecular weight excluding hydrogens is 250 g/mol. The molecule has 0 saturated heterocycles. The van der Waals surface area contributed by atoms with Gasteiger partial charge in [0, 0.05) is 18.5 Å². The zero-order valence-corrected chi connectivity index (χ0v) is 11.9. The van der Waals surface area contributed by atoms with E-state index in [1.54, 1.807) is 27.7 Å². The highest BCUT2D eigenvalue weighted by Crippen LogP contribution is 2.13. The van der Waals surface area contributed by atoms with E-state index < -0.39 is 28.9 Å². The van der Waals surface area contributed by atoms with Crippen LogP contribution in [0.25, 0.3) is 0 Å². The van der Waals surface area contributed by atoms with Crippen molar-refractivity contribution in [1.82, 2.24) is 10.6 Å². The van der Waals surface area contributed by atoms with Crippen LogP contribution < -0.4 is 16.4 Å². The Balaban J connectivity index is 4.24. The van der Waals surface area contributed by atoms with Gasteiger partial charge in [-0.1, -0.05) is 0 Å². The van der Waals surface area contributed by atoms with E-state index in [-0.39, 0.29) is 13.0 Å². The molecule has 7 nitrogen and oxygen atoms in total. The van der Waals surface area contributed by atoms with Crippen LogP contribution in [0.15, 0.2) is 0 Å². The Morgan fingerprint density at radius 1 is 1.16 bits per heavy atom. The number of urea groups is 1. The fraction of sp³-hybridized carbons (Fsp3) is 0.750. The fourth-order valence-corrected chi connectivity index (χ4v) is 1.22. The molecule has 0 unspecified atom stereocenters. The Morgan fingerprint density at radius 2 is 1.68 bits per heavy atom. The van der Waals surface area contributed by atoms with Crippen LogP contribution in [0.2, 0.25) is 0 Å². The summed E-state index contributed by atoms with van der Waals surface area (Å²) in [6, 6.07) is -0.454. The number of amides is 3. The second-order valence-electron chi connectivity index (χ2n) is 5.83. The molecule has 0 heterocycles. The molecule has 0 aliphatic heterocycles. The van der Waals surface area contributed by atoms with Crippen LogP contribution in [0.1, 0.15) is 40.5 Å². The number of carboxylic acid groups (broad SMARTS) is 1. The Bertz CT molecular complexity index is 364. The van der Waals surface area contributed by atoms with Crippen LogP contribution in [0.4, 0.5) is 4.79 Å². The molecule has 0 bridgehead atoms. The van der Waals surface area contributed by atoms with Crippen LogP contribution in [0.3, 0.4) is 0 Å². The van der Waals surface area contributed by atoms with Gasteiger partial charge in [-0.2, -0.15) is 0 Å². The monoisotopic (exact) mass is 273 g/mol. The van der Waals surface area contributed by atoms with Crippen molar-refractivity contribution >= 4 is 17.9 Å². The number of hydrogen-bond acceptors (Lipinski definition) is 3. The van der Waals surface area contributed by atoms with Crippen molar-refractivity contribution in [3.63, 3.8) is 0 Å². The lowest BCUT2D eigenvalue weighted by Crippen LogP contribution is -2.51. The minimum Gasteiger partial charge on any atom is -0.481 e. The largest absolute Gasteiger partial charge is 0.481 e. The fourth-order valence-electron chi connectivity index (χ4n) is 1.22. The average molecular weight is 273 g/mol. The third-order valence-electron chi connectivity index (χ3n) is 2.77. The highest BCUT2D eigenvalue weighted by Gasteiger charge is 2.27. The molecule has 110 valence electrons. The predicted octanol–water partition coefficient (Wildman–Crippen LogP) is 0.441. The first-order valence-corrected chi connectivity index (χ1v) is 6.04. The van der Waals surface area contributed by atoms with Crippen LogP contribution in [-0.2, 0) is 9.59 Å². The van der Waals surface area contributed by atoms with Crippen LogP contribution >= 0.6 is 0 Å². The second-order valence-corrected chi connectivity index (χ2v) is 5.83. The number of aliphatic carboxylic acids is 1. The minimum absolute atomic E-state index is 0.0277. The first-order valence-electron chi connectivity index (χ1n) is 6.04. The summed E-state index contributed by atoms with van der Waals surface area (Å²) in [5, 5.41) is 13.8. The number of primary amides is 1. The Labute approximate surface area is 112 Å². The molecule has 0 aromatic rings. The molecule has 5 N–H and O–H groups in total. The number of nitrogens with one attached hydrogen (secondary N) is 2. The van der Waals surface area contributed by atoms with Crippen molar-refractivity contribution in [2.45, 2.75) is 46.1 Å². The van der Waals surface area contributed by atoms with E-state index in [0.717, 1.165) is 0 Å². The van der Waals surface area contributed by atoms with E-state index in [1.807, 2.05) is 0 Å². The van der Waals surface area contributed by atoms with Gasteiger partial charge >= 0.3 is 12.0 Å². The zero-order chi connectivity index (χ0) is 15.3. The maximum Gasteiger partial charge on any atom is 0.315 e. The van der Waals surface area contributed by atoms with Crippen molar-refractivity contribution in [2.75, 3.05) is 6.54 Å². The molecule has 0 atom stereocenters. The summed E-state index contributed by atoms with van der Waals surface area (Å²) in [7, 11) is 0. The maximum atomic E-state index is 11.7. The van der Waals surface area contributed by atoms with Gasteiger partial charge in [-0.15, -0.1) is 0 Å². The number of carboxylic acids is 1. The molecule has 0 aliphatic carbocycles. The molecule has 7 heteroatoms. The van der Waals surface area contributed by atoms with Gasteiger partial charge in [0.2, 0.25) is 5.91 Å². The molecule has 0 aliphatic rings. The zero-order valence-electron chi connectivity index (χ0n) is 11.9. The number of carbonyl (C=O) groups excluding carboxylic acids is 2. The topological polar surface area (TPSA) is 122 Å². The number of hydrogen-bond donors (Lipinski definition) is 4. The van der Waals surface area contributed by atoms with Gasteiger partial charge in [-0.3, -0.25) is 9.59 Å². The lowest BCUT2D eigenvalue weighted by atomic mass is 9.93. The number of nitrogens with two attached hydrogens (primary N) is 1. The summed E-state index contributed by atoms with van der Waals surface area (Å²) in [6.07, 6.45) is 0.287. The van der Waals surface area contributed by atoms with Crippen LogP contribution in [0, 0.1) is 5.41 Å². The van der Waals surface area contributed by atoms with Gasteiger partial charge in [-0.25, -0.2) is 4.79 Å². The van der Waals surface area contributed by atoms with Crippen LogP contribution in [-0.4, -0.2) is 35.1 Å². The Kier molecular flexibility index (Phi) is 5.80. The van der Waals surface area contributed by atoms with E-state index in [9.17, 15) is 14.4 Å². The van der Waals surface area contributed by atoms with Crippen molar-refractivity contribution in [3.05, 3.63) is 0 Å². The third kappa shape index (κ3) is 7.28. The van der Waals surface area contributed by atoms with E-state index in [4.69, 9.17) is 10.8 Å². The molecule has 0 fully saturated rings. The first-order chi connectivity index (χ1) is 8.46. The lowest BCUT2D eigenvalue weighted by Gasteiger charge is -2.27. The quantitative estimate of drug-likeness (QED) is 0.537. The predicted molar refractivity (Wildman–Crippen MR) is 70.5 cm³/mol. The molecule has 0 aromatic carbocycles. The lowest BCUT2D eigenvalue weighted by molar-refractivity contribution is -0.137. The van der Waals surface area contributed by atoms with Gasteiger partial charge in [0.25, 0.3) is 0 Å². The normalized spacial score (nSPS) is 11.8. The highest BCUT2D eigenvalue weighted by molar-refractivity contribution is 5.81. The van der Waals surface area contributed by atoms with Crippen LogP contribution in [0.5, 0.6) is 0 Å². The van der Waals surface area contributed by atoms with Gasteiger partial charge in [0.15, 0.2) is 0 Å². The summed E-state index contributed by atoms with van der Waals surface area (Å²) in [5.74, 6) is -1.41. The van der Waals surface area contributed by atoms with Gasteiger partial charge in [-0.05, 0) is 34.1 Å². The summed E-state index contributed by atoms with van der Waals surface area (Å²) in [5.41, 5.74) is 3.72. The molecule has 19 heavy (non-hydrogen) atoms. The Hall–Kier alpha value is -1.79. The van der Waals surface area contributed by atoms with Gasteiger partial charge in [0.05, 0.1) is 5.41 Å². The van der Waals surface area contributed by atoms with Gasteiger partial charge < -0.3 is 21.5 Å². The molecule has 0 aromatic heterocycles. The Morgan fingerprint density at radius 3 is 2.11 bits per heavy atom. The highest BCUT2D eigenvalue weighted by atomic mass is 16.4. The molecular formula is C12H23N3O4. The smallest absolute Gasteiger partial charge is 0.315 e. The molecule has 0 rings (SSSR count). The SMILES string of the molecule is CC(C)(CCC(=O)O)NC(=O)NCC(C)(C)C(N)=O. The van der Waals surface area contributed by atoms with E-state index in [0.29, 0.717) is 6.42 Å². The van der Waals surface area contributed by atoms with Crippen molar-refractivity contribution in [2.24, 2.45) is 11.1 Å². The summed E-state index contributed by atoms with van der Waals surface area (Å²) < 4.78 is 0. The van der Waals surface area contributed by atoms with E-state index in [1.165, 1.54) is 0 Å². The van der Waals surface area contributed by atoms with Crippen molar-refractivity contribution < 1.29 is 19.5 Å². The minimum atomic E-state index is -0.912. The van der Waals surface area contributed by atoms with Crippen molar-refractivity contribution in [3.8, 4) is 0 Å². The summed E-state index contributed by atoms with van der Waals surface area (Å²) in [4.78, 5) is 33.2. The molecule has 0 spiro atoms. The first kappa shape index (κ1) is 17.2.